The SMILES string of the molecule is O=[N+]([O-])c1ccc([C@H]2Nc3ccc(S(=O)(=O)Nc4cc(Cl)ccc4Cl)cc3[C@H]3C=CC[C@H]32)cc1. The average molecular weight is 516 g/mol. The molecule has 1 aliphatic carbocycles. The van der Waals surface area contributed by atoms with Crippen LogP contribution in [0, 0.1) is 16.0 Å². The number of nitrogens with one attached hydrogen (secondary N) is 2. The van der Waals surface area contributed by atoms with E-state index in [-0.39, 0.29) is 39.2 Å². The minimum absolute atomic E-state index is 0.0151. The number of nitrogens with zero attached hydrogens (tertiary/aromatic N) is 1. The molecular weight excluding hydrogens is 497 g/mol. The van der Waals surface area contributed by atoms with Crippen molar-refractivity contribution in [3.63, 3.8) is 0 Å². The first-order valence-corrected chi connectivity index (χ1v) is 12.8. The molecule has 7 nitrogen and oxygen atoms in total. The highest BCUT2D eigenvalue weighted by Gasteiger charge is 2.38. The number of fused-ring (bicyclic) bond motifs is 3. The summed E-state index contributed by atoms with van der Waals surface area (Å²) in [5, 5.41) is 15.1. The van der Waals surface area contributed by atoms with Gasteiger partial charge in [-0.1, -0.05) is 47.5 Å². The first-order chi connectivity index (χ1) is 16.2. The van der Waals surface area contributed by atoms with E-state index in [0.29, 0.717) is 5.02 Å². The molecule has 3 aromatic rings. The van der Waals surface area contributed by atoms with Crippen molar-refractivity contribution >= 4 is 50.3 Å². The van der Waals surface area contributed by atoms with Crippen molar-refractivity contribution in [2.45, 2.75) is 23.3 Å². The summed E-state index contributed by atoms with van der Waals surface area (Å²) in [6.45, 7) is 0. The Morgan fingerprint density at radius 2 is 1.79 bits per heavy atom. The summed E-state index contributed by atoms with van der Waals surface area (Å²) < 4.78 is 28.7. The summed E-state index contributed by atoms with van der Waals surface area (Å²) in [6, 6.07) is 16.1. The second kappa shape index (κ2) is 8.61. The Morgan fingerprint density at radius 1 is 1.03 bits per heavy atom. The summed E-state index contributed by atoms with van der Waals surface area (Å²) in [4.78, 5) is 10.7. The van der Waals surface area contributed by atoms with Gasteiger partial charge in [-0.2, -0.15) is 0 Å². The first kappa shape index (κ1) is 22.7. The highest BCUT2D eigenvalue weighted by molar-refractivity contribution is 7.92. The zero-order chi connectivity index (χ0) is 24.0. The molecule has 2 aliphatic rings. The Labute approximate surface area is 206 Å². The van der Waals surface area contributed by atoms with E-state index in [2.05, 4.69) is 22.2 Å². The summed E-state index contributed by atoms with van der Waals surface area (Å²) >= 11 is 12.1. The van der Waals surface area contributed by atoms with Gasteiger partial charge in [0.25, 0.3) is 15.7 Å². The van der Waals surface area contributed by atoms with Crippen LogP contribution in [0.4, 0.5) is 17.1 Å². The molecule has 10 heteroatoms. The number of rotatable bonds is 5. The maximum Gasteiger partial charge on any atom is 0.269 e. The highest BCUT2D eigenvalue weighted by Crippen LogP contribution is 2.50. The topological polar surface area (TPSA) is 101 Å². The van der Waals surface area contributed by atoms with Crippen molar-refractivity contribution in [1.29, 1.82) is 0 Å². The molecule has 0 bridgehead atoms. The monoisotopic (exact) mass is 515 g/mol. The number of sulfonamides is 1. The number of halogens is 2. The van der Waals surface area contributed by atoms with E-state index < -0.39 is 14.9 Å². The van der Waals surface area contributed by atoms with Crippen LogP contribution in [-0.4, -0.2) is 13.3 Å². The van der Waals surface area contributed by atoms with E-state index >= 15 is 0 Å². The summed E-state index contributed by atoms with van der Waals surface area (Å²) in [5.41, 5.74) is 2.92. The summed E-state index contributed by atoms with van der Waals surface area (Å²) in [7, 11) is -3.90. The van der Waals surface area contributed by atoms with Crippen molar-refractivity contribution in [2.24, 2.45) is 5.92 Å². The molecule has 0 saturated heterocycles. The van der Waals surface area contributed by atoms with Gasteiger partial charge in [-0.05, 0) is 59.9 Å². The van der Waals surface area contributed by atoms with E-state index in [1.54, 1.807) is 36.4 Å². The van der Waals surface area contributed by atoms with E-state index in [0.717, 1.165) is 23.2 Å². The molecule has 174 valence electrons. The van der Waals surface area contributed by atoms with Crippen LogP contribution in [-0.2, 0) is 10.0 Å². The fourth-order valence-corrected chi connectivity index (χ4v) is 6.15. The number of allylic oxidation sites excluding steroid dienone is 2. The number of nitro benzene ring substituents is 1. The Hall–Kier alpha value is -3.07. The van der Waals surface area contributed by atoms with Crippen LogP contribution in [0.25, 0.3) is 0 Å². The molecule has 2 N–H and O–H groups in total. The minimum Gasteiger partial charge on any atom is -0.378 e. The van der Waals surface area contributed by atoms with Crippen LogP contribution >= 0.6 is 23.2 Å². The number of hydrogen-bond donors (Lipinski definition) is 2. The van der Waals surface area contributed by atoms with Gasteiger partial charge < -0.3 is 5.32 Å². The summed E-state index contributed by atoms with van der Waals surface area (Å²) in [6.07, 6.45) is 5.00. The Balaban J connectivity index is 1.47. The lowest BCUT2D eigenvalue weighted by Crippen LogP contribution is -2.29. The summed E-state index contributed by atoms with van der Waals surface area (Å²) in [5.74, 6) is 0.170. The van der Waals surface area contributed by atoms with Gasteiger partial charge in [0, 0.05) is 28.8 Å². The number of benzene rings is 3. The van der Waals surface area contributed by atoms with Crippen LogP contribution in [0.1, 0.15) is 29.5 Å². The third-order valence-electron chi connectivity index (χ3n) is 6.28. The van der Waals surface area contributed by atoms with Gasteiger partial charge in [0.2, 0.25) is 0 Å². The first-order valence-electron chi connectivity index (χ1n) is 10.5. The lowest BCUT2D eigenvalue weighted by molar-refractivity contribution is -0.384. The van der Waals surface area contributed by atoms with Gasteiger partial charge in [0.15, 0.2) is 0 Å². The van der Waals surface area contributed by atoms with Crippen LogP contribution in [0.3, 0.4) is 0 Å². The van der Waals surface area contributed by atoms with Crippen molar-refractivity contribution in [1.82, 2.24) is 0 Å². The molecule has 3 aromatic carbocycles. The third kappa shape index (κ3) is 4.13. The number of nitro groups is 1. The normalized spacial score (nSPS) is 20.8. The third-order valence-corrected chi connectivity index (χ3v) is 8.21. The van der Waals surface area contributed by atoms with E-state index in [1.807, 2.05) is 0 Å². The highest BCUT2D eigenvalue weighted by atomic mass is 35.5. The van der Waals surface area contributed by atoms with E-state index in [1.165, 1.54) is 24.3 Å². The fourth-order valence-electron chi connectivity index (χ4n) is 4.65. The van der Waals surface area contributed by atoms with Crippen molar-refractivity contribution in [2.75, 3.05) is 10.0 Å². The maximum absolute atomic E-state index is 13.1. The van der Waals surface area contributed by atoms with Gasteiger partial charge in [-0.25, -0.2) is 8.42 Å². The van der Waals surface area contributed by atoms with E-state index in [9.17, 15) is 18.5 Å². The van der Waals surface area contributed by atoms with Crippen LogP contribution in [0.5, 0.6) is 0 Å². The minimum atomic E-state index is -3.90. The van der Waals surface area contributed by atoms with Crippen LogP contribution in [0.15, 0.2) is 77.7 Å². The van der Waals surface area contributed by atoms with Gasteiger partial charge in [0.05, 0.1) is 26.6 Å². The molecule has 3 atom stereocenters. The number of non-ortho nitro benzene ring substituents is 1. The Kier molecular flexibility index (Phi) is 5.75. The number of anilines is 2. The largest absolute Gasteiger partial charge is 0.378 e. The van der Waals surface area contributed by atoms with E-state index in [4.69, 9.17) is 23.2 Å². The zero-order valence-corrected chi connectivity index (χ0v) is 19.9. The molecule has 0 saturated carbocycles. The van der Waals surface area contributed by atoms with Gasteiger partial charge in [0.1, 0.15) is 0 Å². The molecule has 1 aliphatic heterocycles. The quantitative estimate of drug-likeness (QED) is 0.228. The smallest absolute Gasteiger partial charge is 0.269 e. The molecule has 1 heterocycles. The van der Waals surface area contributed by atoms with Crippen molar-refractivity contribution < 1.29 is 13.3 Å². The van der Waals surface area contributed by atoms with Crippen molar-refractivity contribution in [3.05, 3.63) is 104 Å². The molecule has 0 fully saturated rings. The molecule has 0 radical (unpaired) electrons. The Bertz CT molecular complexity index is 1420. The standard InChI is InChI=1S/C24H19Cl2N3O4S/c25-15-6-10-21(26)23(12-15)28-34(32,33)17-9-11-22-20(13-17)18-2-1-3-19(18)24(27-22)14-4-7-16(8-5-14)29(30)31/h1-2,4-13,18-19,24,27-28H,3H2/t18-,19+,24+/m0/s1. The maximum atomic E-state index is 13.1. The Morgan fingerprint density at radius 3 is 2.53 bits per heavy atom. The molecule has 0 unspecified atom stereocenters. The second-order valence-corrected chi connectivity index (χ2v) is 10.8. The van der Waals surface area contributed by atoms with Gasteiger partial charge >= 0.3 is 0 Å². The number of hydrogen-bond acceptors (Lipinski definition) is 5. The molecule has 0 spiro atoms. The lowest BCUT2D eigenvalue weighted by atomic mass is 9.77. The molecule has 0 aromatic heterocycles. The molecule has 5 rings (SSSR count). The molecule has 34 heavy (non-hydrogen) atoms. The fraction of sp³-hybridized carbons (Fsp3) is 0.167. The van der Waals surface area contributed by atoms with Crippen LogP contribution in [0.2, 0.25) is 10.0 Å². The second-order valence-electron chi connectivity index (χ2n) is 8.30. The molecule has 0 amide bonds. The van der Waals surface area contributed by atoms with Crippen molar-refractivity contribution in [3.8, 4) is 0 Å². The zero-order valence-electron chi connectivity index (χ0n) is 17.6. The van der Waals surface area contributed by atoms with Gasteiger partial charge in [-0.15, -0.1) is 0 Å². The van der Waals surface area contributed by atoms with Gasteiger partial charge in [-0.3, -0.25) is 14.8 Å². The predicted molar refractivity (Wildman–Crippen MR) is 133 cm³/mol. The molecular formula is C24H19Cl2N3O4S. The predicted octanol–water partition coefficient (Wildman–Crippen LogP) is 6.53. The lowest BCUT2D eigenvalue weighted by Gasteiger charge is -2.37. The van der Waals surface area contributed by atoms with Crippen LogP contribution < -0.4 is 10.0 Å². The average Bonchev–Trinajstić information content (AvgIpc) is 3.31.